The van der Waals surface area contributed by atoms with Gasteiger partial charge in [-0.3, -0.25) is 0 Å². The van der Waals surface area contributed by atoms with E-state index in [0.717, 1.165) is 42.5 Å². The number of aromatic nitrogens is 4. The minimum Gasteiger partial charge on any atom is -0.390 e. The van der Waals surface area contributed by atoms with E-state index in [1.165, 1.54) is 12.5 Å². The molecule has 0 radical (unpaired) electrons. The van der Waals surface area contributed by atoms with Gasteiger partial charge in [0.25, 0.3) is 0 Å². The minimum absolute atomic E-state index is 0.169. The number of anilines is 2. The average Bonchev–Trinajstić information content (AvgIpc) is 2.80. The second-order valence-corrected chi connectivity index (χ2v) is 8.10. The van der Waals surface area contributed by atoms with Crippen LogP contribution >= 0.6 is 0 Å². The normalized spacial score (nSPS) is 20.6. The van der Waals surface area contributed by atoms with E-state index in [-0.39, 0.29) is 6.04 Å². The molecule has 0 spiro atoms. The van der Waals surface area contributed by atoms with Crippen molar-refractivity contribution in [2.45, 2.75) is 50.8 Å². The molecule has 2 heterocycles. The number of hydrogen-bond donors (Lipinski definition) is 3. The molecule has 1 aliphatic carbocycles. The maximum absolute atomic E-state index is 10.2. The summed E-state index contributed by atoms with van der Waals surface area (Å²) in [5.41, 5.74) is 2.58. The van der Waals surface area contributed by atoms with Crippen LogP contribution < -0.4 is 10.6 Å². The summed E-state index contributed by atoms with van der Waals surface area (Å²) in [5.74, 6) is 0.936. The summed E-state index contributed by atoms with van der Waals surface area (Å²) in [6.45, 7) is 2.32. The van der Waals surface area contributed by atoms with E-state index in [1.54, 1.807) is 6.20 Å². The Balaban J connectivity index is 1.48. The van der Waals surface area contributed by atoms with Crippen LogP contribution in [-0.4, -0.2) is 36.7 Å². The fraction of sp³-hybridized carbons (Fsp3) is 0.348. The van der Waals surface area contributed by atoms with Crippen LogP contribution in [0.15, 0.2) is 49.1 Å². The molecule has 0 bridgehead atoms. The van der Waals surface area contributed by atoms with Crippen molar-refractivity contribution in [1.29, 1.82) is 5.26 Å². The van der Waals surface area contributed by atoms with Gasteiger partial charge >= 0.3 is 0 Å². The maximum atomic E-state index is 10.2. The quantitative estimate of drug-likeness (QED) is 0.559. The standard InChI is InChI=1S/C23H25N7O/c1-23(31)9-7-19(8-10-23)29-21-17(11-24)13-26-22(30-21)27-14-18-12-25-15-28-20(18)16-5-3-2-4-6-16/h2-6,12-13,15,19,31H,7-10,14H2,1H3,(H2,26,27,29,30). The third-order valence-electron chi connectivity index (χ3n) is 5.59. The van der Waals surface area contributed by atoms with Crippen molar-refractivity contribution in [3.63, 3.8) is 0 Å². The van der Waals surface area contributed by atoms with Gasteiger partial charge in [-0.1, -0.05) is 30.3 Å². The molecule has 0 atom stereocenters. The number of rotatable bonds is 6. The van der Waals surface area contributed by atoms with Gasteiger partial charge in [0.2, 0.25) is 5.95 Å². The van der Waals surface area contributed by atoms with Gasteiger partial charge in [-0.15, -0.1) is 0 Å². The highest BCUT2D eigenvalue weighted by Gasteiger charge is 2.29. The lowest BCUT2D eigenvalue weighted by Crippen LogP contribution is -2.36. The number of benzene rings is 1. The van der Waals surface area contributed by atoms with Crippen LogP contribution in [0.4, 0.5) is 11.8 Å². The predicted octanol–water partition coefficient (Wildman–Crippen LogP) is 3.52. The number of nitrogens with one attached hydrogen (secondary N) is 2. The second-order valence-electron chi connectivity index (χ2n) is 8.10. The van der Waals surface area contributed by atoms with Gasteiger partial charge in [0, 0.05) is 29.9 Å². The lowest BCUT2D eigenvalue weighted by molar-refractivity contribution is 0.0196. The van der Waals surface area contributed by atoms with Crippen molar-refractivity contribution in [3.8, 4) is 17.3 Å². The lowest BCUT2D eigenvalue weighted by atomic mass is 9.83. The van der Waals surface area contributed by atoms with Crippen molar-refractivity contribution in [2.75, 3.05) is 10.6 Å². The zero-order valence-electron chi connectivity index (χ0n) is 17.4. The Kier molecular flexibility index (Phi) is 6.05. The van der Waals surface area contributed by atoms with Gasteiger partial charge in [0.15, 0.2) is 0 Å². The molecule has 3 N–H and O–H groups in total. The molecule has 2 aromatic heterocycles. The molecule has 1 aliphatic rings. The SMILES string of the molecule is CC1(O)CCC(Nc2nc(NCc3cncnc3-c3ccccc3)ncc2C#N)CC1. The van der Waals surface area contributed by atoms with Crippen LogP contribution in [0.5, 0.6) is 0 Å². The molecule has 3 aromatic rings. The largest absolute Gasteiger partial charge is 0.390 e. The van der Waals surface area contributed by atoms with Crippen LogP contribution in [0.2, 0.25) is 0 Å². The molecule has 4 rings (SSSR count). The van der Waals surface area contributed by atoms with Crippen molar-refractivity contribution >= 4 is 11.8 Å². The monoisotopic (exact) mass is 415 g/mol. The highest BCUT2D eigenvalue weighted by molar-refractivity contribution is 5.62. The van der Waals surface area contributed by atoms with Crippen LogP contribution in [0, 0.1) is 11.3 Å². The van der Waals surface area contributed by atoms with E-state index < -0.39 is 5.60 Å². The van der Waals surface area contributed by atoms with Gasteiger partial charge in [0.1, 0.15) is 23.8 Å². The maximum Gasteiger partial charge on any atom is 0.224 e. The summed E-state index contributed by atoms with van der Waals surface area (Å²) in [5, 5.41) is 26.2. The summed E-state index contributed by atoms with van der Waals surface area (Å²) in [4.78, 5) is 17.4. The molecule has 0 amide bonds. The molecule has 0 saturated heterocycles. The first kappa shape index (κ1) is 20.7. The first-order valence-electron chi connectivity index (χ1n) is 10.4. The summed E-state index contributed by atoms with van der Waals surface area (Å²) in [6.07, 6.45) is 7.93. The van der Waals surface area contributed by atoms with Gasteiger partial charge in [-0.2, -0.15) is 10.2 Å². The average molecular weight is 416 g/mol. The minimum atomic E-state index is -0.608. The Hall–Kier alpha value is -3.57. The third-order valence-corrected chi connectivity index (χ3v) is 5.59. The first-order valence-corrected chi connectivity index (χ1v) is 10.4. The number of aliphatic hydroxyl groups is 1. The van der Waals surface area contributed by atoms with Gasteiger partial charge in [-0.25, -0.2) is 15.0 Å². The highest BCUT2D eigenvalue weighted by atomic mass is 16.3. The smallest absolute Gasteiger partial charge is 0.224 e. The third kappa shape index (κ3) is 5.13. The molecule has 0 unspecified atom stereocenters. The van der Waals surface area contributed by atoms with Gasteiger partial charge in [0.05, 0.1) is 17.5 Å². The Morgan fingerprint density at radius 2 is 1.94 bits per heavy atom. The van der Waals surface area contributed by atoms with Gasteiger partial charge in [-0.05, 0) is 32.6 Å². The Morgan fingerprint density at radius 1 is 1.16 bits per heavy atom. The van der Waals surface area contributed by atoms with Crippen molar-refractivity contribution < 1.29 is 5.11 Å². The van der Waals surface area contributed by atoms with Crippen LogP contribution in [-0.2, 0) is 6.54 Å². The molecule has 0 aliphatic heterocycles. The van der Waals surface area contributed by atoms with E-state index in [2.05, 4.69) is 36.6 Å². The summed E-state index contributed by atoms with van der Waals surface area (Å²) in [7, 11) is 0. The molecule has 1 fully saturated rings. The van der Waals surface area contributed by atoms with E-state index in [9.17, 15) is 10.4 Å². The molecular formula is C23H25N7O. The van der Waals surface area contributed by atoms with E-state index in [0.29, 0.717) is 23.9 Å². The number of nitriles is 1. The molecule has 158 valence electrons. The number of nitrogens with zero attached hydrogens (tertiary/aromatic N) is 5. The Morgan fingerprint density at radius 3 is 2.68 bits per heavy atom. The van der Waals surface area contributed by atoms with Gasteiger partial charge < -0.3 is 15.7 Å². The molecule has 31 heavy (non-hydrogen) atoms. The summed E-state index contributed by atoms with van der Waals surface area (Å²) < 4.78 is 0. The molecular weight excluding hydrogens is 390 g/mol. The topological polar surface area (TPSA) is 120 Å². The van der Waals surface area contributed by atoms with E-state index in [4.69, 9.17) is 0 Å². The number of hydrogen-bond acceptors (Lipinski definition) is 8. The fourth-order valence-electron chi connectivity index (χ4n) is 3.75. The zero-order valence-corrected chi connectivity index (χ0v) is 17.4. The molecule has 1 aromatic carbocycles. The predicted molar refractivity (Wildman–Crippen MR) is 118 cm³/mol. The van der Waals surface area contributed by atoms with Crippen LogP contribution in [0.3, 0.4) is 0 Å². The Bertz CT molecular complexity index is 1070. The Labute approximate surface area is 181 Å². The zero-order chi connectivity index (χ0) is 21.7. The summed E-state index contributed by atoms with van der Waals surface area (Å²) in [6, 6.07) is 12.2. The van der Waals surface area contributed by atoms with Crippen molar-refractivity contribution in [3.05, 3.63) is 60.2 Å². The highest BCUT2D eigenvalue weighted by Crippen LogP contribution is 2.30. The van der Waals surface area contributed by atoms with E-state index in [1.807, 2.05) is 37.3 Å². The molecule has 1 saturated carbocycles. The van der Waals surface area contributed by atoms with Crippen LogP contribution in [0.1, 0.15) is 43.7 Å². The second kappa shape index (κ2) is 9.06. The fourth-order valence-corrected chi connectivity index (χ4v) is 3.75. The first-order chi connectivity index (χ1) is 15.0. The van der Waals surface area contributed by atoms with E-state index >= 15 is 0 Å². The van der Waals surface area contributed by atoms with Crippen molar-refractivity contribution in [2.24, 2.45) is 0 Å². The molecule has 8 heteroatoms. The lowest BCUT2D eigenvalue weighted by Gasteiger charge is -2.33. The van der Waals surface area contributed by atoms with Crippen molar-refractivity contribution in [1.82, 2.24) is 19.9 Å². The summed E-state index contributed by atoms with van der Waals surface area (Å²) >= 11 is 0. The molecule has 8 nitrogen and oxygen atoms in total. The van der Waals surface area contributed by atoms with Crippen LogP contribution in [0.25, 0.3) is 11.3 Å².